The number of pyridine rings is 1. The molecule has 28 heavy (non-hydrogen) atoms. The summed E-state index contributed by atoms with van der Waals surface area (Å²) in [6.45, 7) is 3.67. The maximum absolute atomic E-state index is 13.1. The first-order valence-corrected chi connectivity index (χ1v) is 8.63. The summed E-state index contributed by atoms with van der Waals surface area (Å²) in [5.74, 6) is 0.647. The number of halogens is 3. The molecule has 1 aliphatic heterocycles. The minimum absolute atomic E-state index is 0.107. The molecule has 0 aliphatic carbocycles. The van der Waals surface area contributed by atoms with Gasteiger partial charge in [-0.1, -0.05) is 0 Å². The Balaban J connectivity index is 1.52. The maximum atomic E-state index is 13.1. The van der Waals surface area contributed by atoms with E-state index in [9.17, 15) is 13.2 Å². The zero-order valence-electron chi connectivity index (χ0n) is 14.7. The normalized spacial score (nSPS) is 14.9. The molecule has 0 unspecified atom stereocenters. The van der Waals surface area contributed by atoms with Crippen LogP contribution in [0.4, 0.5) is 30.6 Å². The Kier molecular flexibility index (Phi) is 4.82. The molecule has 0 spiro atoms. The summed E-state index contributed by atoms with van der Waals surface area (Å²) >= 11 is 0. The van der Waals surface area contributed by atoms with Crippen molar-refractivity contribution in [2.75, 3.05) is 36.4 Å². The third-order valence-corrected chi connectivity index (χ3v) is 4.32. The second kappa shape index (κ2) is 7.43. The van der Waals surface area contributed by atoms with Gasteiger partial charge < -0.3 is 15.5 Å². The topological polar surface area (TPSA) is 94.7 Å². The molecule has 3 N–H and O–H groups in total. The number of nitrogens with zero attached hydrogens (tertiary/aromatic N) is 5. The molecule has 0 bridgehead atoms. The van der Waals surface area contributed by atoms with Gasteiger partial charge in [-0.05, 0) is 18.2 Å². The number of piperazine rings is 1. The van der Waals surface area contributed by atoms with Crippen molar-refractivity contribution >= 4 is 17.5 Å². The van der Waals surface area contributed by atoms with Crippen molar-refractivity contribution in [2.45, 2.75) is 6.18 Å². The number of aromatic nitrogens is 5. The van der Waals surface area contributed by atoms with Crippen molar-refractivity contribution in [3.63, 3.8) is 0 Å². The molecule has 0 atom stereocenters. The fourth-order valence-corrected chi connectivity index (χ4v) is 2.95. The third-order valence-electron chi connectivity index (χ3n) is 4.32. The Morgan fingerprint density at radius 2 is 1.86 bits per heavy atom. The summed E-state index contributed by atoms with van der Waals surface area (Å²) < 4.78 is 39.2. The summed E-state index contributed by atoms with van der Waals surface area (Å²) in [5, 5.41) is 11.7. The molecule has 4 heterocycles. The first kappa shape index (κ1) is 18.2. The van der Waals surface area contributed by atoms with Crippen LogP contribution >= 0.6 is 0 Å². The Morgan fingerprint density at radius 1 is 1.04 bits per heavy atom. The molecular weight excluding hydrogens is 373 g/mol. The number of hydrogen-bond acceptors (Lipinski definition) is 7. The summed E-state index contributed by atoms with van der Waals surface area (Å²) in [6, 6.07) is 5.11. The second-order valence-electron chi connectivity index (χ2n) is 6.19. The van der Waals surface area contributed by atoms with Crippen molar-refractivity contribution in [3.05, 3.63) is 42.5 Å². The quantitative estimate of drug-likeness (QED) is 0.630. The van der Waals surface area contributed by atoms with Crippen LogP contribution in [-0.4, -0.2) is 51.3 Å². The van der Waals surface area contributed by atoms with Gasteiger partial charge in [0.15, 0.2) is 0 Å². The summed E-state index contributed by atoms with van der Waals surface area (Å²) in [7, 11) is 0. The smallest absolute Gasteiger partial charge is 0.368 e. The van der Waals surface area contributed by atoms with Crippen LogP contribution in [-0.2, 0) is 6.18 Å². The van der Waals surface area contributed by atoms with Crippen molar-refractivity contribution in [2.24, 2.45) is 0 Å². The first-order chi connectivity index (χ1) is 13.5. The fraction of sp³-hybridized carbons (Fsp3) is 0.294. The summed E-state index contributed by atoms with van der Waals surface area (Å²) in [4.78, 5) is 14.8. The van der Waals surface area contributed by atoms with Crippen molar-refractivity contribution in [1.29, 1.82) is 0 Å². The van der Waals surface area contributed by atoms with Gasteiger partial charge in [-0.25, -0.2) is 15.0 Å². The van der Waals surface area contributed by atoms with Crippen LogP contribution in [0.1, 0.15) is 5.69 Å². The molecule has 3 aromatic rings. The van der Waals surface area contributed by atoms with E-state index in [0.717, 1.165) is 38.1 Å². The minimum atomic E-state index is -4.55. The van der Waals surface area contributed by atoms with Crippen LogP contribution in [0.5, 0.6) is 0 Å². The molecule has 4 rings (SSSR count). The van der Waals surface area contributed by atoms with Crippen molar-refractivity contribution < 1.29 is 13.2 Å². The lowest BCUT2D eigenvalue weighted by Crippen LogP contribution is -2.43. The molecule has 1 aliphatic rings. The minimum Gasteiger partial charge on any atom is -0.368 e. The average molecular weight is 390 g/mol. The highest BCUT2D eigenvalue weighted by Gasteiger charge is 2.36. The predicted octanol–water partition coefficient (Wildman–Crippen LogP) is 2.43. The lowest BCUT2D eigenvalue weighted by molar-refractivity contribution is -0.140. The van der Waals surface area contributed by atoms with E-state index in [1.54, 1.807) is 12.3 Å². The zero-order chi connectivity index (χ0) is 19.6. The molecule has 0 saturated carbocycles. The first-order valence-electron chi connectivity index (χ1n) is 8.63. The Hall–Kier alpha value is -3.21. The molecule has 8 nitrogen and oxygen atoms in total. The number of rotatable bonds is 4. The molecule has 0 aromatic carbocycles. The number of hydrogen-bond donors (Lipinski definition) is 3. The van der Waals surface area contributed by atoms with Crippen molar-refractivity contribution in [3.8, 4) is 11.3 Å². The van der Waals surface area contributed by atoms with Gasteiger partial charge in [0.25, 0.3) is 0 Å². The SMILES string of the molecule is FC(F)(F)c1[nH]ncc1-c1ccnc(Nc2ccc(N3CCNCC3)cn2)n1. The lowest BCUT2D eigenvalue weighted by atomic mass is 10.2. The van der Waals surface area contributed by atoms with Gasteiger partial charge in [0.1, 0.15) is 11.5 Å². The van der Waals surface area contributed by atoms with Crippen LogP contribution in [0.15, 0.2) is 36.8 Å². The Morgan fingerprint density at radius 3 is 2.57 bits per heavy atom. The summed E-state index contributed by atoms with van der Waals surface area (Å²) in [5.41, 5.74) is 0.0292. The van der Waals surface area contributed by atoms with Crippen LogP contribution in [0.3, 0.4) is 0 Å². The highest BCUT2D eigenvalue weighted by Crippen LogP contribution is 2.34. The maximum Gasteiger partial charge on any atom is 0.433 e. The Labute approximate surface area is 158 Å². The van der Waals surface area contributed by atoms with E-state index in [4.69, 9.17) is 0 Å². The number of aromatic amines is 1. The van der Waals surface area contributed by atoms with E-state index in [1.807, 2.05) is 11.2 Å². The van der Waals surface area contributed by atoms with Crippen LogP contribution in [0.2, 0.25) is 0 Å². The van der Waals surface area contributed by atoms with Gasteiger partial charge in [-0.3, -0.25) is 5.10 Å². The molecule has 11 heteroatoms. The predicted molar refractivity (Wildman–Crippen MR) is 97.2 cm³/mol. The zero-order valence-corrected chi connectivity index (χ0v) is 14.7. The molecule has 3 aromatic heterocycles. The number of alkyl halides is 3. The van der Waals surface area contributed by atoms with Gasteiger partial charge in [0.2, 0.25) is 5.95 Å². The average Bonchev–Trinajstić information content (AvgIpc) is 3.20. The monoisotopic (exact) mass is 390 g/mol. The number of anilines is 3. The Bertz CT molecular complexity index is 932. The van der Waals surface area contributed by atoms with Gasteiger partial charge >= 0.3 is 6.18 Å². The van der Waals surface area contributed by atoms with E-state index < -0.39 is 11.9 Å². The van der Waals surface area contributed by atoms with Gasteiger partial charge in [0, 0.05) is 32.4 Å². The third kappa shape index (κ3) is 3.88. The number of nitrogens with one attached hydrogen (secondary N) is 3. The van der Waals surface area contributed by atoms with E-state index in [2.05, 4.69) is 35.6 Å². The highest BCUT2D eigenvalue weighted by atomic mass is 19.4. The molecule has 1 fully saturated rings. The van der Waals surface area contributed by atoms with Gasteiger partial charge in [0.05, 0.1) is 29.3 Å². The van der Waals surface area contributed by atoms with Crippen LogP contribution in [0, 0.1) is 0 Å². The van der Waals surface area contributed by atoms with Gasteiger partial charge in [-0.15, -0.1) is 0 Å². The molecule has 1 saturated heterocycles. The fourth-order valence-electron chi connectivity index (χ4n) is 2.95. The highest BCUT2D eigenvalue weighted by molar-refractivity contribution is 5.63. The lowest BCUT2D eigenvalue weighted by Gasteiger charge is -2.29. The van der Waals surface area contributed by atoms with Crippen LogP contribution < -0.4 is 15.5 Å². The number of H-pyrrole nitrogens is 1. The molecule has 0 amide bonds. The standard InChI is InChI=1S/C17H17F3N8/c18-17(19,20)15-12(10-24-27-15)13-3-4-22-16(25-13)26-14-2-1-11(9-23-14)28-7-5-21-6-8-28/h1-4,9-10,21H,5-8H2,(H,24,27)(H,22,23,25,26). The van der Waals surface area contributed by atoms with E-state index in [-0.39, 0.29) is 17.2 Å². The van der Waals surface area contributed by atoms with E-state index >= 15 is 0 Å². The van der Waals surface area contributed by atoms with Gasteiger partial charge in [-0.2, -0.15) is 18.3 Å². The van der Waals surface area contributed by atoms with E-state index in [0.29, 0.717) is 5.82 Å². The van der Waals surface area contributed by atoms with Crippen LogP contribution in [0.25, 0.3) is 11.3 Å². The van der Waals surface area contributed by atoms with Crippen molar-refractivity contribution in [1.82, 2.24) is 30.5 Å². The second-order valence-corrected chi connectivity index (χ2v) is 6.19. The largest absolute Gasteiger partial charge is 0.433 e. The molecular formula is C17H17F3N8. The molecule has 146 valence electrons. The van der Waals surface area contributed by atoms with E-state index in [1.165, 1.54) is 12.3 Å². The molecule has 0 radical (unpaired) electrons. The summed E-state index contributed by atoms with van der Waals surface area (Å²) in [6.07, 6.45) is -0.330.